The first-order valence-corrected chi connectivity index (χ1v) is 15.8. The van der Waals surface area contributed by atoms with Crippen LogP contribution in [0.15, 0.2) is 66.5 Å². The van der Waals surface area contributed by atoms with E-state index in [4.69, 9.17) is 38.1 Å². The highest BCUT2D eigenvalue weighted by Crippen LogP contribution is 2.40. The number of aromatic nitrogens is 2. The van der Waals surface area contributed by atoms with Crippen LogP contribution in [0.3, 0.4) is 0 Å². The van der Waals surface area contributed by atoms with Crippen LogP contribution < -0.4 is 23.7 Å². The van der Waals surface area contributed by atoms with Gasteiger partial charge in [0.1, 0.15) is 23.9 Å². The van der Waals surface area contributed by atoms with Gasteiger partial charge in [-0.3, -0.25) is 0 Å². The maximum atomic E-state index is 13.4. The second-order valence-corrected chi connectivity index (χ2v) is 10.9. The number of ether oxygens (including phenoxy) is 7. The van der Waals surface area contributed by atoms with Crippen LogP contribution in [-0.4, -0.2) is 56.2 Å². The molecule has 0 atom stereocenters. The van der Waals surface area contributed by atoms with Crippen LogP contribution in [-0.2, 0) is 33.8 Å². The second-order valence-electron chi connectivity index (χ2n) is 10.9. The van der Waals surface area contributed by atoms with Crippen LogP contribution in [0.4, 0.5) is 0 Å². The Kier molecular flexibility index (Phi) is 11.2. The first-order chi connectivity index (χ1) is 23.4. The minimum atomic E-state index is -0.475. The summed E-state index contributed by atoms with van der Waals surface area (Å²) in [5.41, 5.74) is 4.22. The summed E-state index contributed by atoms with van der Waals surface area (Å²) in [4.78, 5) is 30.7. The van der Waals surface area contributed by atoms with Gasteiger partial charge in [-0.05, 0) is 43.7 Å². The molecule has 1 aliphatic rings. The Labute approximate surface area is 280 Å². The molecule has 1 aliphatic heterocycles. The molecule has 0 saturated heterocycles. The summed E-state index contributed by atoms with van der Waals surface area (Å²) in [7, 11) is 4.50. The van der Waals surface area contributed by atoms with Crippen molar-refractivity contribution in [2.45, 2.75) is 46.3 Å². The van der Waals surface area contributed by atoms with Crippen molar-refractivity contribution in [2.24, 2.45) is 0 Å². The van der Waals surface area contributed by atoms with Crippen molar-refractivity contribution in [3.05, 3.63) is 88.9 Å². The first kappa shape index (κ1) is 33.9. The predicted molar refractivity (Wildman–Crippen MR) is 179 cm³/mol. The number of unbranched alkanes of at least 4 members (excludes halogenated alkanes) is 1. The zero-order chi connectivity index (χ0) is 34.0. The number of esters is 2. The highest BCUT2D eigenvalue weighted by Gasteiger charge is 2.24. The first-order valence-electron chi connectivity index (χ1n) is 15.8. The van der Waals surface area contributed by atoms with E-state index in [1.54, 1.807) is 57.8 Å². The number of imidazole rings is 1. The molecule has 3 aromatic carbocycles. The van der Waals surface area contributed by atoms with E-state index in [9.17, 15) is 9.59 Å². The number of benzene rings is 3. The van der Waals surface area contributed by atoms with E-state index >= 15 is 0 Å². The van der Waals surface area contributed by atoms with Gasteiger partial charge in [0, 0.05) is 47.4 Å². The van der Waals surface area contributed by atoms with Gasteiger partial charge in [-0.1, -0.05) is 31.5 Å². The molecule has 0 unspecified atom stereocenters. The molecule has 252 valence electrons. The lowest BCUT2D eigenvalue weighted by Gasteiger charge is -2.17. The fraction of sp³-hybridized carbons (Fsp3) is 0.324. The molecule has 4 aromatic rings. The molecule has 0 amide bonds. The van der Waals surface area contributed by atoms with E-state index in [-0.39, 0.29) is 26.4 Å². The lowest BCUT2D eigenvalue weighted by Crippen LogP contribution is -2.11. The van der Waals surface area contributed by atoms with Crippen molar-refractivity contribution in [1.29, 1.82) is 0 Å². The molecule has 0 spiro atoms. The number of carbonyl (C=O) groups is 2. The Morgan fingerprint density at radius 2 is 1.73 bits per heavy atom. The number of methoxy groups -OCH3 is 3. The monoisotopic (exact) mass is 656 g/mol. The highest BCUT2D eigenvalue weighted by atomic mass is 16.7. The predicted octanol–water partition coefficient (Wildman–Crippen LogP) is 6.65. The van der Waals surface area contributed by atoms with Gasteiger partial charge < -0.3 is 37.7 Å². The van der Waals surface area contributed by atoms with E-state index in [2.05, 4.69) is 11.5 Å². The fourth-order valence-electron chi connectivity index (χ4n) is 5.42. The van der Waals surface area contributed by atoms with E-state index in [0.29, 0.717) is 57.7 Å². The zero-order valence-corrected chi connectivity index (χ0v) is 27.9. The van der Waals surface area contributed by atoms with Crippen molar-refractivity contribution in [3.63, 3.8) is 0 Å². The number of fused-ring (bicyclic) bond motifs is 1. The summed E-state index contributed by atoms with van der Waals surface area (Å²) in [6.45, 7) is 4.99. The fourth-order valence-corrected chi connectivity index (χ4v) is 5.42. The van der Waals surface area contributed by atoms with E-state index < -0.39 is 11.9 Å². The molecule has 0 aliphatic carbocycles. The zero-order valence-electron chi connectivity index (χ0n) is 27.9. The molecule has 5 rings (SSSR count). The molecule has 48 heavy (non-hydrogen) atoms. The van der Waals surface area contributed by atoms with Crippen molar-refractivity contribution in [3.8, 4) is 40.0 Å². The van der Waals surface area contributed by atoms with Gasteiger partial charge in [0.05, 0.1) is 51.2 Å². The normalized spacial score (nSPS) is 12.1. The number of rotatable bonds is 15. The lowest BCUT2D eigenvalue weighted by atomic mass is 10.0. The average molecular weight is 657 g/mol. The maximum Gasteiger partial charge on any atom is 0.338 e. The Hall–Kier alpha value is -5.45. The van der Waals surface area contributed by atoms with Crippen LogP contribution in [0.1, 0.15) is 53.9 Å². The minimum absolute atomic E-state index is 0.0949. The summed E-state index contributed by atoms with van der Waals surface area (Å²) in [5.74, 6) is 1.89. The number of hydrogen-bond donors (Lipinski definition) is 0. The van der Waals surface area contributed by atoms with Crippen LogP contribution in [0.25, 0.3) is 17.3 Å². The van der Waals surface area contributed by atoms with Crippen LogP contribution in [0.2, 0.25) is 0 Å². The summed E-state index contributed by atoms with van der Waals surface area (Å²) in [6, 6.07) is 16.3. The summed E-state index contributed by atoms with van der Waals surface area (Å²) < 4.78 is 41.2. The molecule has 0 saturated carbocycles. The van der Waals surface area contributed by atoms with Crippen molar-refractivity contribution < 1.29 is 42.7 Å². The minimum Gasteiger partial charge on any atom is -0.497 e. The van der Waals surface area contributed by atoms with Gasteiger partial charge in [0.25, 0.3) is 0 Å². The molecule has 0 radical (unpaired) electrons. The van der Waals surface area contributed by atoms with Gasteiger partial charge >= 0.3 is 11.9 Å². The third kappa shape index (κ3) is 7.57. The van der Waals surface area contributed by atoms with Crippen LogP contribution >= 0.6 is 0 Å². The Morgan fingerprint density at radius 1 is 0.938 bits per heavy atom. The maximum absolute atomic E-state index is 13.4. The van der Waals surface area contributed by atoms with Gasteiger partial charge in [-0.25, -0.2) is 14.6 Å². The van der Waals surface area contributed by atoms with Crippen molar-refractivity contribution >= 4 is 18.0 Å². The molecule has 1 aromatic heterocycles. The third-order valence-corrected chi connectivity index (χ3v) is 7.87. The van der Waals surface area contributed by atoms with Crippen molar-refractivity contribution in [1.82, 2.24) is 9.55 Å². The quantitative estimate of drug-likeness (QED) is 0.102. The van der Waals surface area contributed by atoms with Crippen LogP contribution in [0, 0.1) is 0 Å². The van der Waals surface area contributed by atoms with Gasteiger partial charge in [-0.2, -0.15) is 0 Å². The van der Waals surface area contributed by atoms with E-state index in [1.807, 2.05) is 30.3 Å². The molecule has 0 N–H and O–H groups in total. The summed E-state index contributed by atoms with van der Waals surface area (Å²) in [5, 5.41) is 0. The Balaban J connectivity index is 1.60. The highest BCUT2D eigenvalue weighted by molar-refractivity contribution is 5.95. The third-order valence-electron chi connectivity index (χ3n) is 7.87. The number of aryl methyl sites for hydroxylation is 1. The Morgan fingerprint density at radius 3 is 2.46 bits per heavy atom. The number of carbonyl (C=O) groups excluding carboxylic acids is 2. The standard InChI is InChI=1S/C37H40N2O9/c1-6-8-15-39-22-38-30(17-26(36(40)45-7-2)16-25-18-33-34(48-23-47-33)20-31(25)43-4)35(39)29-14-13-27(42-3)19-32(29)46-21-24-11-9-10-12-28(24)37(41)44-5/h9-14,17-20,22H,6-8,15-16,21,23H2,1-5H3. The lowest BCUT2D eigenvalue weighted by molar-refractivity contribution is -0.138. The van der Waals surface area contributed by atoms with Crippen molar-refractivity contribution in [2.75, 3.05) is 34.7 Å². The molecule has 2 heterocycles. The summed E-state index contributed by atoms with van der Waals surface area (Å²) >= 11 is 0. The molecule has 11 heteroatoms. The van der Waals surface area contributed by atoms with Gasteiger partial charge in [0.15, 0.2) is 11.5 Å². The van der Waals surface area contributed by atoms with E-state index in [1.165, 1.54) is 7.11 Å². The molecule has 0 fully saturated rings. The van der Waals surface area contributed by atoms with Gasteiger partial charge in [0.2, 0.25) is 6.79 Å². The molecule has 11 nitrogen and oxygen atoms in total. The molecular formula is C37H40N2O9. The Bertz CT molecular complexity index is 1790. The van der Waals surface area contributed by atoms with Crippen LogP contribution in [0.5, 0.6) is 28.7 Å². The number of hydrogen-bond acceptors (Lipinski definition) is 10. The summed E-state index contributed by atoms with van der Waals surface area (Å²) in [6.07, 6.45) is 5.58. The van der Waals surface area contributed by atoms with E-state index in [0.717, 1.165) is 29.7 Å². The van der Waals surface area contributed by atoms with Gasteiger partial charge in [-0.15, -0.1) is 0 Å². The number of nitrogens with zero attached hydrogens (tertiary/aromatic N) is 2. The molecule has 0 bridgehead atoms. The average Bonchev–Trinajstić information content (AvgIpc) is 3.74. The smallest absolute Gasteiger partial charge is 0.338 e. The SMILES string of the molecule is CCCCn1cnc(C=C(Cc2cc3c(cc2OC)OCO3)C(=O)OCC)c1-c1ccc(OC)cc1OCc1ccccc1C(=O)OC. The molecular weight excluding hydrogens is 616 g/mol. The largest absolute Gasteiger partial charge is 0.497 e. The topological polar surface area (TPSA) is 117 Å². The second kappa shape index (κ2) is 15.9.